The molecule has 1 atom stereocenters. The molecule has 0 radical (unpaired) electrons. The Balaban J connectivity index is 1.38. The topological polar surface area (TPSA) is 132 Å². The van der Waals surface area contributed by atoms with Crippen molar-refractivity contribution >= 4 is 40.1 Å². The number of carbonyl (C=O) groups is 3. The molecule has 1 heterocycles. The summed E-state index contributed by atoms with van der Waals surface area (Å²) < 4.78 is 0. The fourth-order valence-electron chi connectivity index (χ4n) is 4.22. The van der Waals surface area contributed by atoms with E-state index in [-0.39, 0.29) is 23.2 Å². The van der Waals surface area contributed by atoms with Crippen LogP contribution in [0.15, 0.2) is 48.5 Å². The molecule has 0 saturated carbocycles. The maximum atomic E-state index is 13.1. The van der Waals surface area contributed by atoms with E-state index in [4.69, 9.17) is 15.2 Å². The number of carboxylic acids is 2. The average molecular weight is 509 g/mol. The van der Waals surface area contributed by atoms with Crippen LogP contribution < -0.4 is 10.6 Å². The van der Waals surface area contributed by atoms with Crippen LogP contribution in [0.2, 0.25) is 0 Å². The van der Waals surface area contributed by atoms with Crippen molar-refractivity contribution in [2.75, 3.05) is 17.2 Å². The lowest BCUT2D eigenvalue weighted by molar-refractivity contribution is 0.0686. The number of urea groups is 1. The largest absolute Gasteiger partial charge is 0.478 e. The molecular formula is C26H28N4O5S. The van der Waals surface area contributed by atoms with Crippen molar-refractivity contribution in [2.24, 2.45) is 0 Å². The van der Waals surface area contributed by atoms with E-state index >= 15 is 0 Å². The van der Waals surface area contributed by atoms with Crippen LogP contribution in [0, 0.1) is 0 Å². The van der Waals surface area contributed by atoms with Gasteiger partial charge in [-0.25, -0.2) is 19.4 Å². The predicted octanol–water partition coefficient (Wildman–Crippen LogP) is 4.95. The number of hydrogen-bond donors (Lipinski definition) is 4. The Labute approximate surface area is 212 Å². The standard InChI is InChI=1S/C26H28N4O5S/c1-2-13-30(26(35)28-19-9-7-18(8-10-19)24(33)34)20-11-12-21-22(14-20)36-25(29-21)27-15-16-3-5-17(6-4-16)23(31)32/h3-10,20H,2,11-15H2,1H3,(H,27,29)(H,28,35)(H,31,32)(H,33,34). The minimum Gasteiger partial charge on any atom is -0.478 e. The average Bonchev–Trinajstić information content (AvgIpc) is 3.28. The zero-order valence-corrected chi connectivity index (χ0v) is 20.7. The first-order chi connectivity index (χ1) is 17.3. The fraction of sp³-hybridized carbons (Fsp3) is 0.308. The number of aryl methyl sites for hydroxylation is 1. The van der Waals surface area contributed by atoms with Crippen LogP contribution >= 0.6 is 11.3 Å². The molecule has 0 bridgehead atoms. The quantitative estimate of drug-likeness (QED) is 0.321. The smallest absolute Gasteiger partial charge is 0.335 e. The summed E-state index contributed by atoms with van der Waals surface area (Å²) in [5, 5.41) is 25.1. The lowest BCUT2D eigenvalue weighted by Gasteiger charge is -2.33. The first kappa shape index (κ1) is 25.2. The number of benzene rings is 2. The monoisotopic (exact) mass is 508 g/mol. The Morgan fingerprint density at radius 2 is 1.67 bits per heavy atom. The van der Waals surface area contributed by atoms with Gasteiger partial charge >= 0.3 is 18.0 Å². The van der Waals surface area contributed by atoms with Crippen LogP contribution in [0.4, 0.5) is 15.6 Å². The van der Waals surface area contributed by atoms with Crippen LogP contribution in [-0.2, 0) is 19.4 Å². The summed E-state index contributed by atoms with van der Waals surface area (Å²) in [6.07, 6.45) is 3.16. The zero-order valence-electron chi connectivity index (χ0n) is 19.9. The summed E-state index contributed by atoms with van der Waals surface area (Å²) in [5.74, 6) is -1.95. The number of thiazole rings is 1. The molecule has 10 heteroatoms. The molecule has 188 valence electrons. The number of amides is 2. The summed E-state index contributed by atoms with van der Waals surface area (Å²) in [4.78, 5) is 42.9. The van der Waals surface area contributed by atoms with Crippen molar-refractivity contribution in [1.82, 2.24) is 9.88 Å². The van der Waals surface area contributed by atoms with Crippen molar-refractivity contribution in [3.05, 3.63) is 75.8 Å². The van der Waals surface area contributed by atoms with E-state index < -0.39 is 11.9 Å². The molecular weight excluding hydrogens is 480 g/mol. The molecule has 1 aliphatic rings. The van der Waals surface area contributed by atoms with Crippen LogP contribution in [0.3, 0.4) is 0 Å². The second-order valence-electron chi connectivity index (χ2n) is 8.65. The number of rotatable bonds is 9. The minimum atomic E-state index is -1.01. The number of carbonyl (C=O) groups excluding carboxylic acids is 1. The highest BCUT2D eigenvalue weighted by molar-refractivity contribution is 7.15. The number of nitrogens with one attached hydrogen (secondary N) is 2. The van der Waals surface area contributed by atoms with E-state index in [9.17, 15) is 14.4 Å². The number of hydrogen-bond acceptors (Lipinski definition) is 6. The van der Waals surface area contributed by atoms with E-state index in [0.717, 1.165) is 46.9 Å². The summed E-state index contributed by atoms with van der Waals surface area (Å²) in [5.41, 5.74) is 3.01. The van der Waals surface area contributed by atoms with E-state index in [1.165, 1.54) is 12.1 Å². The van der Waals surface area contributed by atoms with Gasteiger partial charge in [0.1, 0.15) is 0 Å². The highest BCUT2D eigenvalue weighted by Crippen LogP contribution is 2.32. The SMILES string of the molecule is CCCN(C(=O)Nc1ccc(C(=O)O)cc1)C1CCc2nc(NCc3ccc(C(=O)O)cc3)sc2C1. The van der Waals surface area contributed by atoms with Gasteiger partial charge in [-0.15, -0.1) is 11.3 Å². The molecule has 36 heavy (non-hydrogen) atoms. The lowest BCUT2D eigenvalue weighted by atomic mass is 9.96. The van der Waals surface area contributed by atoms with E-state index in [1.807, 2.05) is 11.8 Å². The summed E-state index contributed by atoms with van der Waals surface area (Å²) in [6, 6.07) is 12.8. The molecule has 0 spiro atoms. The van der Waals surface area contributed by atoms with Crippen LogP contribution in [0.5, 0.6) is 0 Å². The molecule has 4 rings (SSSR count). The highest BCUT2D eigenvalue weighted by Gasteiger charge is 2.29. The molecule has 1 aliphatic carbocycles. The van der Waals surface area contributed by atoms with E-state index in [1.54, 1.807) is 47.7 Å². The molecule has 0 fully saturated rings. The zero-order chi connectivity index (χ0) is 25.7. The second kappa shape index (κ2) is 11.2. The summed E-state index contributed by atoms with van der Waals surface area (Å²) >= 11 is 1.59. The van der Waals surface area contributed by atoms with Crippen molar-refractivity contribution in [3.63, 3.8) is 0 Å². The number of nitrogens with zero attached hydrogens (tertiary/aromatic N) is 2. The van der Waals surface area contributed by atoms with Gasteiger partial charge in [0.2, 0.25) is 0 Å². The van der Waals surface area contributed by atoms with Gasteiger partial charge in [0.05, 0.1) is 16.8 Å². The number of carboxylic acid groups (broad SMARTS) is 2. The molecule has 0 saturated heterocycles. The molecule has 1 unspecified atom stereocenters. The number of aromatic carboxylic acids is 2. The van der Waals surface area contributed by atoms with Gasteiger partial charge in [-0.1, -0.05) is 19.1 Å². The van der Waals surface area contributed by atoms with Crippen molar-refractivity contribution in [2.45, 2.75) is 45.2 Å². The van der Waals surface area contributed by atoms with E-state index in [2.05, 4.69) is 10.6 Å². The Kier molecular flexibility index (Phi) is 7.84. The maximum absolute atomic E-state index is 13.1. The lowest BCUT2D eigenvalue weighted by Crippen LogP contribution is -2.45. The first-order valence-electron chi connectivity index (χ1n) is 11.8. The Morgan fingerprint density at radius 3 is 2.28 bits per heavy atom. The number of fused-ring (bicyclic) bond motifs is 1. The van der Waals surface area contributed by atoms with E-state index in [0.29, 0.717) is 18.8 Å². The molecule has 4 N–H and O–H groups in total. The molecule has 1 aromatic heterocycles. The van der Waals surface area contributed by atoms with Gasteiger partial charge in [0.25, 0.3) is 0 Å². The molecule has 2 amide bonds. The van der Waals surface area contributed by atoms with Gasteiger partial charge < -0.3 is 25.7 Å². The van der Waals surface area contributed by atoms with Gasteiger partial charge in [0.15, 0.2) is 5.13 Å². The first-order valence-corrected chi connectivity index (χ1v) is 12.6. The second-order valence-corrected chi connectivity index (χ2v) is 9.73. The Morgan fingerprint density at radius 1 is 1.03 bits per heavy atom. The molecule has 3 aromatic rings. The third kappa shape index (κ3) is 6.01. The highest BCUT2D eigenvalue weighted by atomic mass is 32.1. The summed E-state index contributed by atoms with van der Waals surface area (Å²) in [6.45, 7) is 3.20. The Bertz CT molecular complexity index is 1240. The van der Waals surface area contributed by atoms with Gasteiger partial charge in [-0.3, -0.25) is 0 Å². The van der Waals surface area contributed by atoms with Crippen LogP contribution in [0.25, 0.3) is 0 Å². The van der Waals surface area contributed by atoms with Gasteiger partial charge in [-0.2, -0.15) is 0 Å². The minimum absolute atomic E-state index is 0.0487. The van der Waals surface area contributed by atoms with Crippen molar-refractivity contribution < 1.29 is 24.6 Å². The van der Waals surface area contributed by atoms with Crippen LogP contribution in [0.1, 0.15) is 56.6 Å². The Hall–Kier alpha value is -3.92. The predicted molar refractivity (Wildman–Crippen MR) is 138 cm³/mol. The number of anilines is 2. The summed E-state index contributed by atoms with van der Waals surface area (Å²) in [7, 11) is 0. The third-order valence-corrected chi connectivity index (χ3v) is 7.19. The molecule has 2 aromatic carbocycles. The normalized spacial score (nSPS) is 14.5. The van der Waals surface area contributed by atoms with Gasteiger partial charge in [-0.05, 0) is 61.2 Å². The fourth-order valence-corrected chi connectivity index (χ4v) is 5.30. The maximum Gasteiger partial charge on any atom is 0.335 e. The van der Waals surface area contributed by atoms with Crippen molar-refractivity contribution in [1.29, 1.82) is 0 Å². The molecule has 0 aliphatic heterocycles. The number of aromatic nitrogens is 1. The van der Waals surface area contributed by atoms with Gasteiger partial charge in [0, 0.05) is 36.1 Å². The molecule has 9 nitrogen and oxygen atoms in total. The third-order valence-electron chi connectivity index (χ3n) is 6.11. The van der Waals surface area contributed by atoms with Crippen molar-refractivity contribution in [3.8, 4) is 0 Å². The van der Waals surface area contributed by atoms with Crippen LogP contribution in [-0.4, -0.2) is 50.7 Å².